The lowest BCUT2D eigenvalue weighted by Gasteiger charge is -2.34. The van der Waals surface area contributed by atoms with Crippen LogP contribution in [0.2, 0.25) is 0 Å². The van der Waals surface area contributed by atoms with Gasteiger partial charge in [0.25, 0.3) is 0 Å². The Kier molecular flexibility index (Phi) is 4.31. The van der Waals surface area contributed by atoms with Gasteiger partial charge in [0.1, 0.15) is 5.82 Å². The standard InChI is InChI=1S/C19H25FN2O2/c1-13-11-22(12-18(13)21-6-8-24-9-7-21)19(23)16-10-15(16)14-4-2-3-5-17(14)20/h2-5,13,15-16,18H,6-12H2,1H3. The third-order valence-corrected chi connectivity index (χ3v) is 5.81. The van der Waals surface area contributed by atoms with E-state index in [1.165, 1.54) is 6.07 Å². The molecule has 1 saturated carbocycles. The lowest BCUT2D eigenvalue weighted by molar-refractivity contribution is -0.131. The number of hydrogen-bond acceptors (Lipinski definition) is 3. The van der Waals surface area contributed by atoms with Crippen LogP contribution >= 0.6 is 0 Å². The van der Waals surface area contributed by atoms with Crippen LogP contribution in [0.25, 0.3) is 0 Å². The Morgan fingerprint density at radius 3 is 2.71 bits per heavy atom. The van der Waals surface area contributed by atoms with Gasteiger partial charge in [-0.2, -0.15) is 0 Å². The van der Waals surface area contributed by atoms with Crippen LogP contribution in [0.5, 0.6) is 0 Å². The Bertz CT molecular complexity index is 617. The van der Waals surface area contributed by atoms with Crippen molar-refractivity contribution < 1.29 is 13.9 Å². The van der Waals surface area contributed by atoms with Crippen molar-refractivity contribution in [2.75, 3.05) is 39.4 Å². The second kappa shape index (κ2) is 6.45. The monoisotopic (exact) mass is 332 g/mol. The lowest BCUT2D eigenvalue weighted by Crippen LogP contribution is -2.47. The minimum atomic E-state index is -0.182. The van der Waals surface area contributed by atoms with Crippen molar-refractivity contribution in [1.29, 1.82) is 0 Å². The zero-order valence-corrected chi connectivity index (χ0v) is 14.2. The molecule has 1 aromatic carbocycles. The maximum Gasteiger partial charge on any atom is 0.226 e. The number of carbonyl (C=O) groups excluding carboxylic acids is 1. The number of amides is 1. The van der Waals surface area contributed by atoms with Gasteiger partial charge in [-0.3, -0.25) is 9.69 Å². The Labute approximate surface area is 142 Å². The molecule has 0 bridgehead atoms. The van der Waals surface area contributed by atoms with E-state index in [1.54, 1.807) is 6.07 Å². The molecule has 1 aromatic rings. The molecule has 4 atom stereocenters. The smallest absolute Gasteiger partial charge is 0.226 e. The van der Waals surface area contributed by atoms with E-state index in [1.807, 2.05) is 17.0 Å². The van der Waals surface area contributed by atoms with Gasteiger partial charge in [-0.25, -0.2) is 4.39 Å². The molecule has 4 nitrogen and oxygen atoms in total. The van der Waals surface area contributed by atoms with Crippen LogP contribution in [0.15, 0.2) is 24.3 Å². The summed E-state index contributed by atoms with van der Waals surface area (Å²) >= 11 is 0. The fraction of sp³-hybridized carbons (Fsp3) is 0.632. The van der Waals surface area contributed by atoms with Gasteiger partial charge < -0.3 is 9.64 Å². The molecular weight excluding hydrogens is 307 g/mol. The van der Waals surface area contributed by atoms with Crippen molar-refractivity contribution in [3.63, 3.8) is 0 Å². The van der Waals surface area contributed by atoms with Crippen LogP contribution in [-0.4, -0.2) is 61.1 Å². The predicted molar refractivity (Wildman–Crippen MR) is 89.2 cm³/mol. The number of halogens is 1. The number of hydrogen-bond donors (Lipinski definition) is 0. The Morgan fingerprint density at radius 2 is 1.96 bits per heavy atom. The SMILES string of the molecule is CC1CN(C(=O)C2CC2c2ccccc2F)CC1N1CCOCC1. The first kappa shape index (κ1) is 16.0. The highest BCUT2D eigenvalue weighted by molar-refractivity contribution is 5.83. The summed E-state index contributed by atoms with van der Waals surface area (Å²) in [5.41, 5.74) is 0.702. The van der Waals surface area contributed by atoms with Crippen molar-refractivity contribution in [2.24, 2.45) is 11.8 Å². The largest absolute Gasteiger partial charge is 0.379 e. The zero-order chi connectivity index (χ0) is 16.7. The summed E-state index contributed by atoms with van der Waals surface area (Å²) in [4.78, 5) is 17.3. The van der Waals surface area contributed by atoms with Crippen molar-refractivity contribution in [3.05, 3.63) is 35.6 Å². The number of carbonyl (C=O) groups is 1. The molecule has 4 unspecified atom stereocenters. The van der Waals surface area contributed by atoms with Crippen LogP contribution in [0.4, 0.5) is 4.39 Å². The first-order valence-electron chi connectivity index (χ1n) is 9.00. The highest BCUT2D eigenvalue weighted by Gasteiger charge is 2.49. The lowest BCUT2D eigenvalue weighted by atomic mass is 10.0. The van der Waals surface area contributed by atoms with E-state index < -0.39 is 0 Å². The molecule has 24 heavy (non-hydrogen) atoms. The average Bonchev–Trinajstić information content (AvgIpc) is 3.30. The summed E-state index contributed by atoms with van der Waals surface area (Å²) in [5, 5.41) is 0. The summed E-state index contributed by atoms with van der Waals surface area (Å²) in [5.74, 6) is 0.552. The van der Waals surface area contributed by atoms with Crippen LogP contribution < -0.4 is 0 Å². The van der Waals surface area contributed by atoms with Crippen LogP contribution in [-0.2, 0) is 9.53 Å². The summed E-state index contributed by atoms with van der Waals surface area (Å²) in [6.45, 7) is 7.34. The van der Waals surface area contributed by atoms with Gasteiger partial charge >= 0.3 is 0 Å². The van der Waals surface area contributed by atoms with E-state index in [2.05, 4.69) is 11.8 Å². The molecule has 2 saturated heterocycles. The molecule has 130 valence electrons. The molecule has 2 aliphatic heterocycles. The van der Waals surface area contributed by atoms with E-state index >= 15 is 0 Å². The van der Waals surface area contributed by atoms with Crippen molar-refractivity contribution >= 4 is 5.91 Å². The molecule has 5 heteroatoms. The number of nitrogens with zero attached hydrogens (tertiary/aromatic N) is 2. The van der Waals surface area contributed by atoms with E-state index in [-0.39, 0.29) is 23.6 Å². The minimum absolute atomic E-state index is 0.0301. The minimum Gasteiger partial charge on any atom is -0.379 e. The molecule has 0 radical (unpaired) electrons. The van der Waals surface area contributed by atoms with Crippen LogP contribution in [0.1, 0.15) is 24.8 Å². The van der Waals surface area contributed by atoms with Gasteiger partial charge in [-0.1, -0.05) is 25.1 Å². The first-order chi connectivity index (χ1) is 11.6. The van der Waals surface area contributed by atoms with Gasteiger partial charge in [-0.05, 0) is 29.9 Å². The van der Waals surface area contributed by atoms with E-state index in [9.17, 15) is 9.18 Å². The second-order valence-corrected chi connectivity index (χ2v) is 7.41. The second-order valence-electron chi connectivity index (χ2n) is 7.41. The molecule has 3 aliphatic rings. The summed E-state index contributed by atoms with van der Waals surface area (Å²) in [6, 6.07) is 7.29. The van der Waals surface area contributed by atoms with Gasteiger partial charge in [0.2, 0.25) is 5.91 Å². The highest BCUT2D eigenvalue weighted by atomic mass is 19.1. The summed E-state index contributed by atoms with van der Waals surface area (Å²) in [6.07, 6.45) is 0.785. The van der Waals surface area contributed by atoms with E-state index in [0.717, 1.165) is 45.8 Å². The molecule has 3 fully saturated rings. The number of likely N-dealkylation sites (tertiary alicyclic amines) is 1. The van der Waals surface area contributed by atoms with Gasteiger partial charge in [0.15, 0.2) is 0 Å². The number of rotatable bonds is 3. The first-order valence-corrected chi connectivity index (χ1v) is 9.00. The number of benzene rings is 1. The molecular formula is C19H25FN2O2. The zero-order valence-electron chi connectivity index (χ0n) is 14.2. The Hall–Kier alpha value is -1.46. The molecule has 2 heterocycles. The van der Waals surface area contributed by atoms with Crippen LogP contribution in [0, 0.1) is 17.7 Å². The fourth-order valence-corrected chi connectivity index (χ4v) is 4.34. The molecule has 1 aliphatic carbocycles. The van der Waals surface area contributed by atoms with Crippen molar-refractivity contribution in [3.8, 4) is 0 Å². The normalized spacial score (nSPS) is 33.7. The van der Waals surface area contributed by atoms with Gasteiger partial charge in [-0.15, -0.1) is 0 Å². The summed E-state index contributed by atoms with van der Waals surface area (Å²) in [7, 11) is 0. The third kappa shape index (κ3) is 2.95. The topological polar surface area (TPSA) is 32.8 Å². The Balaban J connectivity index is 1.39. The molecule has 4 rings (SSSR count). The summed E-state index contributed by atoms with van der Waals surface area (Å²) < 4.78 is 19.4. The fourth-order valence-electron chi connectivity index (χ4n) is 4.34. The maximum atomic E-state index is 13.9. The van der Waals surface area contributed by atoms with Crippen LogP contribution in [0.3, 0.4) is 0 Å². The number of ether oxygens (including phenoxy) is 1. The maximum absolute atomic E-state index is 13.9. The highest BCUT2D eigenvalue weighted by Crippen LogP contribution is 2.49. The van der Waals surface area contributed by atoms with E-state index in [4.69, 9.17) is 4.74 Å². The average molecular weight is 332 g/mol. The molecule has 0 aromatic heterocycles. The van der Waals surface area contributed by atoms with E-state index in [0.29, 0.717) is 17.5 Å². The molecule has 1 amide bonds. The quantitative estimate of drug-likeness (QED) is 0.850. The predicted octanol–water partition coefficient (Wildman–Crippen LogP) is 2.11. The number of morpholine rings is 1. The van der Waals surface area contributed by atoms with Crippen molar-refractivity contribution in [2.45, 2.75) is 25.3 Å². The van der Waals surface area contributed by atoms with Gasteiger partial charge in [0, 0.05) is 38.1 Å². The Morgan fingerprint density at radius 1 is 1.21 bits per heavy atom. The molecule has 0 N–H and O–H groups in total. The molecule has 0 spiro atoms. The third-order valence-electron chi connectivity index (χ3n) is 5.81. The van der Waals surface area contributed by atoms with Gasteiger partial charge in [0.05, 0.1) is 13.2 Å². The van der Waals surface area contributed by atoms with Crippen molar-refractivity contribution in [1.82, 2.24) is 9.80 Å².